The lowest BCUT2D eigenvalue weighted by molar-refractivity contribution is 0.148. The fourth-order valence-corrected chi connectivity index (χ4v) is 1.67. The van der Waals surface area contributed by atoms with Crippen molar-refractivity contribution in [3.05, 3.63) is 59.7 Å². The van der Waals surface area contributed by atoms with E-state index in [2.05, 4.69) is 31.7 Å². The van der Waals surface area contributed by atoms with Crippen molar-refractivity contribution in [2.75, 3.05) is 6.61 Å². The van der Waals surface area contributed by atoms with Crippen LogP contribution in [0.15, 0.2) is 54.1 Å². The Kier molecular flexibility index (Phi) is 7.16. The van der Waals surface area contributed by atoms with Crippen molar-refractivity contribution in [1.29, 1.82) is 0 Å². The summed E-state index contributed by atoms with van der Waals surface area (Å²) in [6, 6.07) is 10.1. The van der Waals surface area contributed by atoms with Crippen LogP contribution >= 0.6 is 0 Å². The minimum atomic E-state index is -0.395. The van der Waals surface area contributed by atoms with Gasteiger partial charge in [-0.15, -0.1) is 0 Å². The smallest absolute Gasteiger partial charge is 0.0747 e. The van der Waals surface area contributed by atoms with Crippen LogP contribution in [0.5, 0.6) is 0 Å². The predicted octanol–water partition coefficient (Wildman–Crippen LogP) is 3.87. The molecule has 0 bridgehead atoms. The number of aliphatic hydroxyl groups excluding tert-OH is 1. The highest BCUT2D eigenvalue weighted by atomic mass is 16.5. The molecule has 1 aromatic rings. The summed E-state index contributed by atoms with van der Waals surface area (Å²) in [5, 5.41) is 9.64. The van der Waals surface area contributed by atoms with Crippen molar-refractivity contribution >= 4 is 0 Å². The van der Waals surface area contributed by atoms with Crippen molar-refractivity contribution in [1.82, 2.24) is 0 Å². The molecule has 0 spiro atoms. The van der Waals surface area contributed by atoms with Gasteiger partial charge in [0.2, 0.25) is 0 Å². The lowest BCUT2D eigenvalue weighted by atomic mass is 10.0. The van der Waals surface area contributed by atoms with E-state index in [1.54, 1.807) is 0 Å². The van der Waals surface area contributed by atoms with Crippen molar-refractivity contribution in [3.8, 4) is 0 Å². The molecular formula is C17H24O2. The molecule has 0 saturated heterocycles. The summed E-state index contributed by atoms with van der Waals surface area (Å²) in [4.78, 5) is 0. The first-order chi connectivity index (χ1) is 9.09. The van der Waals surface area contributed by atoms with Crippen molar-refractivity contribution < 1.29 is 9.84 Å². The summed E-state index contributed by atoms with van der Waals surface area (Å²) in [6.07, 6.45) is 3.29. The molecule has 1 rings (SSSR count). The number of hydrogen-bond donors (Lipinski definition) is 1. The van der Waals surface area contributed by atoms with Crippen LogP contribution < -0.4 is 0 Å². The third-order valence-corrected chi connectivity index (χ3v) is 3.04. The molecule has 0 radical (unpaired) electrons. The minimum absolute atomic E-state index is 0.395. The van der Waals surface area contributed by atoms with Crippen molar-refractivity contribution in [3.63, 3.8) is 0 Å². The number of ether oxygens (including phenoxy) is 1. The van der Waals surface area contributed by atoms with Crippen molar-refractivity contribution in [2.24, 2.45) is 0 Å². The lowest BCUT2D eigenvalue weighted by Gasteiger charge is -2.10. The van der Waals surface area contributed by atoms with Crippen LogP contribution in [0.25, 0.3) is 0 Å². The number of rotatable bonds is 8. The van der Waals surface area contributed by atoms with Gasteiger partial charge in [0, 0.05) is 0 Å². The monoisotopic (exact) mass is 260 g/mol. The van der Waals surface area contributed by atoms with Gasteiger partial charge in [0.25, 0.3) is 0 Å². The fraction of sp³-hybridized carbons (Fsp3) is 0.412. The molecule has 0 aromatic heterocycles. The summed E-state index contributed by atoms with van der Waals surface area (Å²) in [7, 11) is 0. The molecule has 0 amide bonds. The summed E-state index contributed by atoms with van der Waals surface area (Å²) in [5.74, 6) is 0. The molecular weight excluding hydrogens is 236 g/mol. The number of benzene rings is 1. The van der Waals surface area contributed by atoms with Gasteiger partial charge in [0.05, 0.1) is 19.3 Å². The molecule has 1 aromatic carbocycles. The van der Waals surface area contributed by atoms with Gasteiger partial charge in [-0.1, -0.05) is 54.1 Å². The maximum atomic E-state index is 9.64. The lowest BCUT2D eigenvalue weighted by Crippen LogP contribution is -2.07. The standard InChI is InChI=1S/C17H24O2/c1-14(2)17(18)10-9-15(3)11-12-19-13-16-7-5-4-6-8-16/h4-8,11,17-18H,1,9-10,12-13H2,2-3H3/b15-11+/t17-/m1/s1. The van der Waals surface area contributed by atoms with Crippen LogP contribution in [0.1, 0.15) is 32.3 Å². The maximum Gasteiger partial charge on any atom is 0.0747 e. The normalized spacial score (nSPS) is 13.3. The van der Waals surface area contributed by atoms with Crippen LogP contribution in [0.2, 0.25) is 0 Å². The number of allylic oxidation sites excluding steroid dienone is 1. The van der Waals surface area contributed by atoms with E-state index in [-0.39, 0.29) is 0 Å². The Morgan fingerprint density at radius 1 is 1.32 bits per heavy atom. The summed E-state index contributed by atoms with van der Waals surface area (Å²) in [5.41, 5.74) is 3.26. The molecule has 0 aliphatic carbocycles. The van der Waals surface area contributed by atoms with E-state index >= 15 is 0 Å². The topological polar surface area (TPSA) is 29.5 Å². The van der Waals surface area contributed by atoms with Crippen LogP contribution in [0, 0.1) is 0 Å². The van der Waals surface area contributed by atoms with Crippen LogP contribution in [0.3, 0.4) is 0 Å². The molecule has 0 unspecified atom stereocenters. The predicted molar refractivity (Wildman–Crippen MR) is 79.9 cm³/mol. The first-order valence-electron chi connectivity index (χ1n) is 6.70. The van der Waals surface area contributed by atoms with E-state index in [0.29, 0.717) is 13.2 Å². The van der Waals surface area contributed by atoms with Crippen LogP contribution in [-0.2, 0) is 11.3 Å². The molecule has 0 saturated carbocycles. The molecule has 104 valence electrons. The highest BCUT2D eigenvalue weighted by Crippen LogP contribution is 2.11. The Morgan fingerprint density at radius 3 is 2.63 bits per heavy atom. The second kappa shape index (κ2) is 8.68. The van der Waals surface area contributed by atoms with E-state index in [9.17, 15) is 5.11 Å². The second-order valence-electron chi connectivity index (χ2n) is 4.95. The second-order valence-corrected chi connectivity index (χ2v) is 4.95. The van der Waals surface area contributed by atoms with E-state index in [1.807, 2.05) is 25.1 Å². The van der Waals surface area contributed by atoms with E-state index in [4.69, 9.17) is 4.74 Å². The van der Waals surface area contributed by atoms with Gasteiger partial charge in [-0.05, 0) is 32.3 Å². The molecule has 19 heavy (non-hydrogen) atoms. The summed E-state index contributed by atoms with van der Waals surface area (Å²) in [6.45, 7) is 8.92. The molecule has 0 aliphatic rings. The maximum absolute atomic E-state index is 9.64. The van der Waals surface area contributed by atoms with E-state index < -0.39 is 6.10 Å². The zero-order valence-corrected chi connectivity index (χ0v) is 11.9. The van der Waals surface area contributed by atoms with Gasteiger partial charge in [-0.2, -0.15) is 0 Å². The molecule has 2 heteroatoms. The third-order valence-electron chi connectivity index (χ3n) is 3.04. The van der Waals surface area contributed by atoms with Crippen molar-refractivity contribution in [2.45, 2.75) is 39.4 Å². The number of aliphatic hydroxyl groups is 1. The quantitative estimate of drug-likeness (QED) is 0.568. The Morgan fingerprint density at radius 2 is 2.00 bits per heavy atom. The third kappa shape index (κ3) is 6.94. The first kappa shape index (κ1) is 15.7. The fourth-order valence-electron chi connectivity index (χ4n) is 1.67. The number of hydrogen-bond acceptors (Lipinski definition) is 2. The zero-order valence-electron chi connectivity index (χ0n) is 11.9. The van der Waals surface area contributed by atoms with Crippen LogP contribution in [0.4, 0.5) is 0 Å². The Labute approximate surface area is 116 Å². The molecule has 1 N–H and O–H groups in total. The zero-order chi connectivity index (χ0) is 14.1. The first-order valence-corrected chi connectivity index (χ1v) is 6.70. The highest BCUT2D eigenvalue weighted by molar-refractivity contribution is 5.13. The summed E-state index contributed by atoms with van der Waals surface area (Å²) < 4.78 is 5.59. The Bertz CT molecular complexity index is 407. The molecule has 2 nitrogen and oxygen atoms in total. The van der Waals surface area contributed by atoms with Gasteiger partial charge in [-0.3, -0.25) is 0 Å². The molecule has 0 fully saturated rings. The molecule has 1 atom stereocenters. The largest absolute Gasteiger partial charge is 0.389 e. The van der Waals surface area contributed by atoms with E-state index in [0.717, 1.165) is 18.4 Å². The Balaban J connectivity index is 2.19. The van der Waals surface area contributed by atoms with Crippen LogP contribution in [-0.4, -0.2) is 17.8 Å². The Hall–Kier alpha value is -1.38. The summed E-state index contributed by atoms with van der Waals surface area (Å²) >= 11 is 0. The SMILES string of the molecule is C=C(C)[C@H](O)CC/C(C)=C/COCc1ccccc1. The van der Waals surface area contributed by atoms with E-state index in [1.165, 1.54) is 11.1 Å². The minimum Gasteiger partial charge on any atom is -0.389 e. The highest BCUT2D eigenvalue weighted by Gasteiger charge is 2.03. The van der Waals surface area contributed by atoms with Gasteiger partial charge < -0.3 is 9.84 Å². The average Bonchev–Trinajstić information content (AvgIpc) is 2.42. The van der Waals surface area contributed by atoms with Gasteiger partial charge in [-0.25, -0.2) is 0 Å². The molecule has 0 aliphatic heterocycles. The molecule has 0 heterocycles. The van der Waals surface area contributed by atoms with Gasteiger partial charge in [0.1, 0.15) is 0 Å². The average molecular weight is 260 g/mol. The van der Waals surface area contributed by atoms with Gasteiger partial charge in [0.15, 0.2) is 0 Å². The van der Waals surface area contributed by atoms with Gasteiger partial charge >= 0.3 is 0 Å².